The number of hydrogen-bond donors (Lipinski definition) is 0. The maximum atomic E-state index is 9.34. The van der Waals surface area contributed by atoms with Gasteiger partial charge in [0.15, 0.2) is 0 Å². The molecule has 0 aromatic carbocycles. The molecule has 0 atom stereocenters. The predicted octanol–water partition coefficient (Wildman–Crippen LogP) is -3.12. The van der Waals surface area contributed by atoms with Gasteiger partial charge in [-0.2, -0.15) is 0 Å². The van der Waals surface area contributed by atoms with Crippen LogP contribution >= 0.6 is 0 Å². The second-order valence-electron chi connectivity index (χ2n) is 1.68. The molecule has 5 heteroatoms. The van der Waals surface area contributed by atoms with Crippen molar-refractivity contribution >= 4 is 0 Å². The Bertz CT molecular complexity index is 50.5. The second-order valence-corrected chi connectivity index (χ2v) is 1.68. The average Bonchev–Trinajstić information content (AvgIpc) is 1.89. The minimum atomic E-state index is -1.62. The van der Waals surface area contributed by atoms with Gasteiger partial charge in [0, 0.05) is 0 Å². The monoisotopic (exact) mass is 246 g/mol. The molecule has 0 aromatic heterocycles. The quantitative estimate of drug-likeness (QED) is 0.379. The number of rotatable bonds is 2. The first kappa shape index (κ1) is 17.6. The smallest absolute Gasteiger partial charge is 0.865 e. The molecule has 0 radical (unpaired) electrons. The first-order valence-electron chi connectivity index (χ1n) is 3.17. The van der Waals surface area contributed by atoms with Crippen molar-refractivity contribution < 1.29 is 41.5 Å². The summed E-state index contributed by atoms with van der Waals surface area (Å²) in [6.45, 7) is 3.15. The van der Waals surface area contributed by atoms with Crippen molar-refractivity contribution in [2.45, 2.75) is 39.3 Å². The van der Waals surface area contributed by atoms with Crippen LogP contribution < -0.4 is 20.4 Å². The Labute approximate surface area is 81.1 Å². The fourth-order valence-corrected chi connectivity index (χ4v) is 0. The van der Waals surface area contributed by atoms with E-state index in [4.69, 9.17) is 0 Å². The molecular weight excluding hydrogens is 232 g/mol. The molecule has 0 aromatic rings. The molecular formula is C6H12MoO4. The zero-order valence-corrected chi connectivity index (χ0v) is 8.62. The summed E-state index contributed by atoms with van der Waals surface area (Å²) in [5.41, 5.74) is 0. The fourth-order valence-electron chi connectivity index (χ4n) is 0. The van der Waals surface area contributed by atoms with Crippen molar-refractivity contribution in [2.24, 2.45) is 0 Å². The van der Waals surface area contributed by atoms with Crippen molar-refractivity contribution in [3.05, 3.63) is 0 Å². The predicted molar refractivity (Wildman–Crippen MR) is 28.2 cm³/mol. The van der Waals surface area contributed by atoms with E-state index in [1.54, 1.807) is 13.8 Å². The first-order valence-corrected chi connectivity index (χ1v) is 3.17. The molecule has 0 N–H and O–H groups in total. The third-order valence-electron chi connectivity index (χ3n) is 0.667. The van der Waals surface area contributed by atoms with Crippen LogP contribution in [0.1, 0.15) is 26.7 Å². The molecule has 0 saturated heterocycles. The van der Waals surface area contributed by atoms with Gasteiger partial charge >= 0.3 is 21.1 Å². The normalized spacial score (nSPS) is 8.73. The van der Waals surface area contributed by atoms with Crippen LogP contribution in [-0.2, 0) is 21.1 Å². The van der Waals surface area contributed by atoms with Crippen LogP contribution in [0.25, 0.3) is 0 Å². The summed E-state index contributed by atoms with van der Waals surface area (Å²) in [5, 5.41) is 37.4. The Morgan fingerprint density at radius 1 is 0.818 bits per heavy atom. The molecule has 0 unspecified atom stereocenters. The summed E-state index contributed by atoms with van der Waals surface area (Å²) in [7, 11) is 0. The van der Waals surface area contributed by atoms with E-state index in [0.717, 1.165) is 0 Å². The average molecular weight is 244 g/mol. The molecule has 4 nitrogen and oxygen atoms in total. The van der Waals surface area contributed by atoms with Crippen LogP contribution in [0.5, 0.6) is 0 Å². The Hall–Kier alpha value is 0.528. The molecule has 0 spiro atoms. The van der Waals surface area contributed by atoms with Gasteiger partial charge in [0.2, 0.25) is 0 Å². The van der Waals surface area contributed by atoms with Crippen molar-refractivity contribution in [2.75, 3.05) is 0 Å². The molecule has 0 heterocycles. The van der Waals surface area contributed by atoms with Gasteiger partial charge in [-0.25, -0.2) is 12.6 Å². The topological polar surface area (TPSA) is 92.2 Å². The molecule has 0 bridgehead atoms. The summed E-state index contributed by atoms with van der Waals surface area (Å²) >= 11 is 0. The molecule has 0 aliphatic rings. The van der Waals surface area contributed by atoms with E-state index in [2.05, 4.69) is 0 Å². The van der Waals surface area contributed by atoms with Crippen LogP contribution in [0.15, 0.2) is 0 Å². The molecule has 0 amide bonds. The maximum absolute atomic E-state index is 9.34. The van der Waals surface area contributed by atoms with Crippen LogP contribution in [0, 0.1) is 0 Å². The zero-order valence-electron chi connectivity index (χ0n) is 6.61. The minimum Gasteiger partial charge on any atom is -0.865 e. The van der Waals surface area contributed by atoms with Crippen LogP contribution in [0.2, 0.25) is 0 Å². The summed E-state index contributed by atoms with van der Waals surface area (Å²) in [6.07, 6.45) is -2.84. The van der Waals surface area contributed by atoms with E-state index in [1.807, 2.05) is 0 Å². The Balaban J connectivity index is -0.000000107. The minimum absolute atomic E-state index is 0. The first-order chi connectivity index (χ1) is 4.54. The molecule has 0 aliphatic heterocycles. The third kappa shape index (κ3) is 37.3. The van der Waals surface area contributed by atoms with E-state index in [0.29, 0.717) is 0 Å². The Kier molecular flexibility index (Phi) is 21.0. The van der Waals surface area contributed by atoms with Gasteiger partial charge in [0.1, 0.15) is 0 Å². The van der Waals surface area contributed by atoms with Crippen LogP contribution in [0.4, 0.5) is 0 Å². The molecule has 0 fully saturated rings. The summed E-state index contributed by atoms with van der Waals surface area (Å²) in [5.74, 6) is 0. The molecule has 0 saturated carbocycles. The van der Waals surface area contributed by atoms with E-state index < -0.39 is 12.6 Å². The van der Waals surface area contributed by atoms with E-state index in [9.17, 15) is 20.4 Å². The standard InChI is InChI=1S/2C3H6O2.Mo/c2*1-2-3(4)5;/h2*3H,2H2,1H3;/q2*-2;+4. The Morgan fingerprint density at radius 2 is 0.909 bits per heavy atom. The largest absolute Gasteiger partial charge is 4.00 e. The molecule has 11 heavy (non-hydrogen) atoms. The van der Waals surface area contributed by atoms with E-state index >= 15 is 0 Å². The fraction of sp³-hybridized carbons (Fsp3) is 1.00. The third-order valence-corrected chi connectivity index (χ3v) is 0.667. The number of hydrogen-bond acceptors (Lipinski definition) is 4. The van der Waals surface area contributed by atoms with Gasteiger partial charge in [0.05, 0.1) is 0 Å². The SMILES string of the molecule is CCC([O-])[O-].CCC([O-])[O-].[Mo+4]. The summed E-state index contributed by atoms with van der Waals surface area (Å²) < 4.78 is 0. The van der Waals surface area contributed by atoms with Gasteiger partial charge in [-0.1, -0.05) is 26.7 Å². The Morgan fingerprint density at radius 3 is 0.909 bits per heavy atom. The van der Waals surface area contributed by atoms with Crippen LogP contribution in [-0.4, -0.2) is 12.6 Å². The van der Waals surface area contributed by atoms with Gasteiger partial charge in [-0.3, -0.25) is 0 Å². The van der Waals surface area contributed by atoms with Crippen molar-refractivity contribution in [3.8, 4) is 0 Å². The summed E-state index contributed by atoms with van der Waals surface area (Å²) in [6, 6.07) is 0. The van der Waals surface area contributed by atoms with E-state index in [1.165, 1.54) is 0 Å². The van der Waals surface area contributed by atoms with Crippen molar-refractivity contribution in [1.29, 1.82) is 0 Å². The van der Waals surface area contributed by atoms with Gasteiger partial charge in [0.25, 0.3) is 0 Å². The van der Waals surface area contributed by atoms with Gasteiger partial charge in [-0.15, -0.1) is 0 Å². The van der Waals surface area contributed by atoms with Crippen LogP contribution in [0.3, 0.4) is 0 Å². The van der Waals surface area contributed by atoms with Crippen molar-refractivity contribution in [1.82, 2.24) is 0 Å². The summed E-state index contributed by atoms with van der Waals surface area (Å²) in [4.78, 5) is 0. The van der Waals surface area contributed by atoms with Gasteiger partial charge in [-0.05, 0) is 0 Å². The van der Waals surface area contributed by atoms with E-state index in [-0.39, 0.29) is 33.9 Å². The molecule has 0 rings (SSSR count). The van der Waals surface area contributed by atoms with Gasteiger partial charge < -0.3 is 20.4 Å². The van der Waals surface area contributed by atoms with Crippen molar-refractivity contribution in [3.63, 3.8) is 0 Å². The zero-order chi connectivity index (χ0) is 8.57. The maximum Gasteiger partial charge on any atom is 4.00 e. The second kappa shape index (κ2) is 13.1. The molecule has 0 aliphatic carbocycles. The molecule has 66 valence electrons.